The normalized spacial score (nSPS) is 30.0. The molecule has 5 nitrogen and oxygen atoms in total. The highest BCUT2D eigenvalue weighted by Crippen LogP contribution is 2.56. The van der Waals surface area contributed by atoms with Crippen molar-refractivity contribution >= 4 is 18.0 Å². The zero-order chi connectivity index (χ0) is 22.7. The molecule has 3 rings (SSSR count). The molecule has 0 atom stereocenters. The third-order valence-corrected chi connectivity index (χ3v) is 7.79. The number of ether oxygens (including phenoxy) is 1. The summed E-state index contributed by atoms with van der Waals surface area (Å²) in [6.07, 6.45) is 1.77. The molecule has 1 heterocycles. The van der Waals surface area contributed by atoms with Gasteiger partial charge in [-0.15, -0.1) is 0 Å². The van der Waals surface area contributed by atoms with Crippen molar-refractivity contribution in [3.8, 4) is 0 Å². The summed E-state index contributed by atoms with van der Waals surface area (Å²) >= 11 is 1.81. The van der Waals surface area contributed by atoms with Gasteiger partial charge in [0.1, 0.15) is 5.60 Å². The molecule has 1 aliphatic heterocycles. The summed E-state index contributed by atoms with van der Waals surface area (Å²) in [5.41, 5.74) is -0.0579. The quantitative estimate of drug-likeness (QED) is 0.488. The smallest absolute Gasteiger partial charge is 0.407 e. The fourth-order valence-corrected chi connectivity index (χ4v) is 6.20. The predicted molar refractivity (Wildman–Crippen MR) is 118 cm³/mol. The first kappa shape index (κ1) is 25.0. The zero-order valence-corrected chi connectivity index (χ0v) is 19.8. The summed E-state index contributed by atoms with van der Waals surface area (Å²) in [5, 5.41) is 2.97. The Bertz CT molecular complexity index is 590. The number of hydrogen-bond acceptors (Lipinski definition) is 5. The highest BCUT2D eigenvalue weighted by Gasteiger charge is 2.53. The lowest BCUT2D eigenvalue weighted by Crippen LogP contribution is -2.60. The van der Waals surface area contributed by atoms with Crippen LogP contribution in [0.3, 0.4) is 0 Å². The molecule has 2 saturated carbocycles. The van der Waals surface area contributed by atoms with E-state index in [0.29, 0.717) is 23.9 Å². The lowest BCUT2D eigenvalue weighted by atomic mass is 9.52. The van der Waals surface area contributed by atoms with Crippen molar-refractivity contribution < 1.29 is 22.7 Å². The molecule has 2 N–H and O–H groups in total. The van der Waals surface area contributed by atoms with Crippen molar-refractivity contribution in [2.24, 2.45) is 11.3 Å². The van der Waals surface area contributed by atoms with Crippen LogP contribution in [0.2, 0.25) is 0 Å². The minimum absolute atomic E-state index is 0.210. The van der Waals surface area contributed by atoms with Gasteiger partial charge in [0, 0.05) is 24.3 Å². The van der Waals surface area contributed by atoms with Crippen molar-refractivity contribution in [1.82, 2.24) is 14.9 Å². The molecule has 1 saturated heterocycles. The van der Waals surface area contributed by atoms with Gasteiger partial charge in [0.2, 0.25) is 0 Å². The van der Waals surface area contributed by atoms with Gasteiger partial charge in [-0.1, -0.05) is 11.9 Å². The minimum atomic E-state index is -4.03. The Morgan fingerprint density at radius 3 is 2.29 bits per heavy atom. The number of piperidine rings is 1. The van der Waals surface area contributed by atoms with Crippen LogP contribution in [0.1, 0.15) is 72.1 Å². The second kappa shape index (κ2) is 10.1. The Balaban J connectivity index is 1.19. The topological polar surface area (TPSA) is 53.6 Å². The van der Waals surface area contributed by atoms with Gasteiger partial charge in [-0.2, -0.15) is 13.2 Å². The van der Waals surface area contributed by atoms with E-state index in [1.807, 2.05) is 32.7 Å². The van der Waals surface area contributed by atoms with E-state index in [1.165, 1.54) is 12.8 Å². The van der Waals surface area contributed by atoms with Crippen LogP contribution in [0, 0.1) is 11.3 Å². The molecule has 1 spiro atoms. The van der Waals surface area contributed by atoms with Crippen LogP contribution in [-0.4, -0.2) is 60.2 Å². The maximum absolute atomic E-state index is 12.3. The molecule has 3 aliphatic rings. The molecule has 9 heteroatoms. The van der Waals surface area contributed by atoms with Crippen molar-refractivity contribution in [3.63, 3.8) is 0 Å². The molecular formula is C22H38F3N3O2S. The van der Waals surface area contributed by atoms with E-state index >= 15 is 0 Å². The summed E-state index contributed by atoms with van der Waals surface area (Å²) in [6, 6.07) is 0.791. The molecule has 31 heavy (non-hydrogen) atoms. The molecular weight excluding hydrogens is 427 g/mol. The van der Waals surface area contributed by atoms with Crippen LogP contribution >= 0.6 is 11.9 Å². The Labute approximate surface area is 188 Å². The molecule has 1 amide bonds. The van der Waals surface area contributed by atoms with E-state index in [4.69, 9.17) is 4.74 Å². The van der Waals surface area contributed by atoms with E-state index in [1.54, 1.807) is 0 Å². The number of alkyl halides is 3. The largest absolute Gasteiger partial charge is 0.444 e. The number of rotatable bonds is 8. The highest BCUT2D eigenvalue weighted by atomic mass is 32.2. The molecule has 0 radical (unpaired) electrons. The maximum Gasteiger partial charge on any atom is 0.407 e. The van der Waals surface area contributed by atoms with Gasteiger partial charge in [-0.3, -0.25) is 4.72 Å². The standard InChI is InChI=1S/C22H38F3N3O2S/c1-20(2,3)30-19(29)26-17-11-21(12-17)13-18(14-21)27-31-15-16-5-9-28(10-6-16)8-4-7-22(23,24)25/h16-18,27H,4-15H2,1-3H3,(H,26,29). The number of amides is 1. The maximum atomic E-state index is 12.3. The van der Waals surface area contributed by atoms with Crippen molar-refractivity contribution in [2.75, 3.05) is 25.4 Å². The van der Waals surface area contributed by atoms with Crippen LogP contribution in [-0.2, 0) is 4.74 Å². The molecule has 0 unspecified atom stereocenters. The van der Waals surface area contributed by atoms with Gasteiger partial charge in [0.05, 0.1) is 0 Å². The minimum Gasteiger partial charge on any atom is -0.444 e. The zero-order valence-electron chi connectivity index (χ0n) is 19.0. The molecule has 2 aliphatic carbocycles. The average Bonchev–Trinajstić information content (AvgIpc) is 2.56. The number of hydrogen-bond donors (Lipinski definition) is 2. The van der Waals surface area contributed by atoms with Crippen LogP contribution < -0.4 is 10.0 Å². The van der Waals surface area contributed by atoms with Gasteiger partial charge in [-0.25, -0.2) is 4.79 Å². The number of likely N-dealkylation sites (tertiary alicyclic amines) is 1. The first-order valence-corrected chi connectivity index (χ1v) is 12.6. The number of nitrogens with one attached hydrogen (secondary N) is 2. The van der Waals surface area contributed by atoms with E-state index in [0.717, 1.165) is 44.5 Å². The molecule has 0 aromatic carbocycles. The number of nitrogens with zero attached hydrogens (tertiary/aromatic N) is 1. The third-order valence-electron chi connectivity index (χ3n) is 6.65. The van der Waals surface area contributed by atoms with Gasteiger partial charge in [0.25, 0.3) is 0 Å². The van der Waals surface area contributed by atoms with Gasteiger partial charge in [0.15, 0.2) is 0 Å². The van der Waals surface area contributed by atoms with E-state index < -0.39 is 18.2 Å². The summed E-state index contributed by atoms with van der Waals surface area (Å²) < 4.78 is 45.7. The summed E-state index contributed by atoms with van der Waals surface area (Å²) in [7, 11) is 0. The third kappa shape index (κ3) is 8.31. The Morgan fingerprint density at radius 2 is 1.71 bits per heavy atom. The lowest BCUT2D eigenvalue weighted by molar-refractivity contribution is -0.136. The molecule has 3 fully saturated rings. The van der Waals surface area contributed by atoms with E-state index in [2.05, 4.69) is 14.9 Å². The summed E-state index contributed by atoms with van der Waals surface area (Å²) in [6.45, 7) is 8.01. The molecule has 0 aromatic rings. The Kier molecular flexibility index (Phi) is 8.12. The number of carbonyl (C=O) groups is 1. The number of carbonyl (C=O) groups excluding carboxylic acids is 1. The fraction of sp³-hybridized carbons (Fsp3) is 0.955. The summed E-state index contributed by atoms with van der Waals surface area (Å²) in [4.78, 5) is 14.0. The first-order valence-electron chi connectivity index (χ1n) is 11.6. The van der Waals surface area contributed by atoms with Crippen molar-refractivity contribution in [3.05, 3.63) is 0 Å². The SMILES string of the molecule is CC(C)(C)OC(=O)NC1CC2(CC(NSCC3CCN(CCCC(F)(F)F)CC3)C2)C1. The monoisotopic (exact) mass is 465 g/mol. The van der Waals surface area contributed by atoms with Gasteiger partial charge < -0.3 is 15.0 Å². The van der Waals surface area contributed by atoms with Crippen molar-refractivity contribution in [1.29, 1.82) is 0 Å². The fourth-order valence-electron chi connectivity index (χ4n) is 5.13. The second-order valence-corrected chi connectivity index (χ2v) is 11.6. The predicted octanol–water partition coefficient (Wildman–Crippen LogP) is 5.11. The molecule has 0 aromatic heterocycles. The Morgan fingerprint density at radius 1 is 1.10 bits per heavy atom. The van der Waals surface area contributed by atoms with Crippen LogP contribution in [0.15, 0.2) is 0 Å². The lowest BCUT2D eigenvalue weighted by Gasteiger charge is -2.57. The number of alkyl carbamates (subject to hydrolysis) is 1. The van der Waals surface area contributed by atoms with Crippen LogP contribution in [0.5, 0.6) is 0 Å². The first-order chi connectivity index (χ1) is 14.4. The van der Waals surface area contributed by atoms with E-state index in [9.17, 15) is 18.0 Å². The summed E-state index contributed by atoms with van der Waals surface area (Å²) in [5.74, 6) is 1.72. The average molecular weight is 466 g/mol. The Hall–Kier alpha value is -0.670. The van der Waals surface area contributed by atoms with Crippen LogP contribution in [0.4, 0.5) is 18.0 Å². The van der Waals surface area contributed by atoms with Crippen molar-refractivity contribution in [2.45, 2.75) is 96.0 Å². The second-order valence-electron chi connectivity index (χ2n) is 10.8. The number of halogens is 3. The highest BCUT2D eigenvalue weighted by molar-refractivity contribution is 7.97. The van der Waals surface area contributed by atoms with Gasteiger partial charge in [-0.05, 0) is 96.7 Å². The molecule has 0 bridgehead atoms. The van der Waals surface area contributed by atoms with E-state index in [-0.39, 0.29) is 18.6 Å². The molecule has 180 valence electrons. The van der Waals surface area contributed by atoms with Crippen LogP contribution in [0.25, 0.3) is 0 Å². The van der Waals surface area contributed by atoms with Gasteiger partial charge >= 0.3 is 12.3 Å².